The number of rotatable bonds is 7. The Bertz CT molecular complexity index is 399. The van der Waals surface area contributed by atoms with E-state index in [1.54, 1.807) is 12.1 Å². The van der Waals surface area contributed by atoms with Gasteiger partial charge in [0.25, 0.3) is 5.69 Å². The maximum atomic E-state index is 10.7. The lowest BCUT2D eigenvalue weighted by atomic mass is 9.98. The minimum absolute atomic E-state index is 0.173. The van der Waals surface area contributed by atoms with Crippen LogP contribution in [-0.2, 0) is 6.42 Å². The molecule has 0 fully saturated rings. The largest absolute Gasteiger partial charge is 0.314 e. The van der Waals surface area contributed by atoms with Gasteiger partial charge in [-0.3, -0.25) is 10.1 Å². The molecule has 0 bridgehead atoms. The highest BCUT2D eigenvalue weighted by Crippen LogP contribution is 2.19. The molecular weight excluding hydrogens is 228 g/mol. The van der Waals surface area contributed by atoms with E-state index in [-0.39, 0.29) is 10.6 Å². The predicted octanol–water partition coefficient (Wildman–Crippen LogP) is 3.22. The number of aryl methyl sites for hydroxylation is 1. The third-order valence-electron chi connectivity index (χ3n) is 3.13. The van der Waals surface area contributed by atoms with Gasteiger partial charge in [-0.1, -0.05) is 26.3 Å². The molecule has 0 aliphatic rings. The number of nitrogens with one attached hydrogen (secondary N) is 1. The molecule has 0 amide bonds. The third kappa shape index (κ3) is 4.11. The number of nitro benzene ring substituents is 1. The Morgan fingerprint density at radius 2 is 2.11 bits per heavy atom. The molecule has 0 aromatic heterocycles. The van der Waals surface area contributed by atoms with Gasteiger partial charge in [-0.2, -0.15) is 0 Å². The van der Waals surface area contributed by atoms with E-state index in [2.05, 4.69) is 19.2 Å². The zero-order chi connectivity index (χ0) is 13.5. The monoisotopic (exact) mass is 250 g/mol. The molecule has 1 N–H and O–H groups in total. The lowest BCUT2D eigenvalue weighted by Gasteiger charge is -2.18. The van der Waals surface area contributed by atoms with E-state index < -0.39 is 0 Å². The van der Waals surface area contributed by atoms with Crippen LogP contribution in [0.3, 0.4) is 0 Å². The van der Waals surface area contributed by atoms with Crippen LogP contribution in [0.2, 0.25) is 0 Å². The molecule has 18 heavy (non-hydrogen) atoms. The van der Waals surface area contributed by atoms with E-state index in [9.17, 15) is 10.1 Å². The molecule has 100 valence electrons. The van der Waals surface area contributed by atoms with Crippen LogP contribution < -0.4 is 5.32 Å². The quantitative estimate of drug-likeness (QED) is 0.597. The molecule has 0 saturated heterocycles. The van der Waals surface area contributed by atoms with Crippen molar-refractivity contribution in [2.75, 3.05) is 6.54 Å². The van der Waals surface area contributed by atoms with Crippen molar-refractivity contribution in [1.82, 2.24) is 5.32 Å². The molecule has 0 saturated carbocycles. The lowest BCUT2D eigenvalue weighted by molar-refractivity contribution is -0.384. The highest BCUT2D eigenvalue weighted by Gasteiger charge is 2.12. The zero-order valence-corrected chi connectivity index (χ0v) is 11.4. The molecule has 1 rings (SSSR count). The van der Waals surface area contributed by atoms with Crippen LogP contribution in [0.5, 0.6) is 0 Å². The average Bonchev–Trinajstić information content (AvgIpc) is 2.32. The molecule has 0 aliphatic heterocycles. The van der Waals surface area contributed by atoms with Gasteiger partial charge in [0.2, 0.25) is 0 Å². The first-order chi connectivity index (χ1) is 8.58. The van der Waals surface area contributed by atoms with Crippen molar-refractivity contribution in [3.8, 4) is 0 Å². The van der Waals surface area contributed by atoms with E-state index in [1.807, 2.05) is 13.0 Å². The van der Waals surface area contributed by atoms with E-state index in [4.69, 9.17) is 0 Å². The highest BCUT2D eigenvalue weighted by molar-refractivity contribution is 5.39. The molecule has 4 heteroatoms. The van der Waals surface area contributed by atoms with Crippen molar-refractivity contribution >= 4 is 5.69 Å². The second-order valence-electron chi connectivity index (χ2n) is 4.62. The summed E-state index contributed by atoms with van der Waals surface area (Å²) < 4.78 is 0. The van der Waals surface area contributed by atoms with Crippen molar-refractivity contribution in [3.05, 3.63) is 39.4 Å². The Morgan fingerprint density at radius 3 is 2.61 bits per heavy atom. The van der Waals surface area contributed by atoms with Crippen molar-refractivity contribution < 1.29 is 4.92 Å². The number of likely N-dealkylation sites (N-methyl/N-ethyl adjacent to an activating group) is 1. The molecular formula is C14H22N2O2. The second kappa shape index (κ2) is 7.11. The molecule has 0 aliphatic carbocycles. The number of hydrogen-bond acceptors (Lipinski definition) is 3. The van der Waals surface area contributed by atoms with Crippen LogP contribution in [0.25, 0.3) is 0 Å². The van der Waals surface area contributed by atoms with Crippen LogP contribution in [0.15, 0.2) is 18.2 Å². The highest BCUT2D eigenvalue weighted by atomic mass is 16.6. The summed E-state index contributed by atoms with van der Waals surface area (Å²) in [5.74, 6) is 0. The number of hydrogen-bond donors (Lipinski definition) is 1. The fourth-order valence-corrected chi connectivity index (χ4v) is 2.20. The van der Waals surface area contributed by atoms with Gasteiger partial charge in [0.15, 0.2) is 0 Å². The van der Waals surface area contributed by atoms with Gasteiger partial charge in [-0.15, -0.1) is 0 Å². The maximum absolute atomic E-state index is 10.7. The third-order valence-corrected chi connectivity index (χ3v) is 3.13. The van der Waals surface area contributed by atoms with Gasteiger partial charge < -0.3 is 5.32 Å². The molecule has 1 unspecified atom stereocenters. The Morgan fingerprint density at radius 1 is 1.39 bits per heavy atom. The number of non-ortho nitro benzene ring substituents is 1. The molecule has 1 atom stereocenters. The Labute approximate surface area is 109 Å². The SMILES string of the molecule is CCCC(Cc1ccc([N+](=O)[O-])cc1C)NCC. The Kier molecular flexibility index (Phi) is 5.78. The summed E-state index contributed by atoms with van der Waals surface area (Å²) in [4.78, 5) is 10.3. The fraction of sp³-hybridized carbons (Fsp3) is 0.571. The van der Waals surface area contributed by atoms with E-state index in [1.165, 1.54) is 5.56 Å². The summed E-state index contributed by atoms with van der Waals surface area (Å²) in [6.07, 6.45) is 3.21. The van der Waals surface area contributed by atoms with E-state index in [0.29, 0.717) is 6.04 Å². The summed E-state index contributed by atoms with van der Waals surface area (Å²) in [7, 11) is 0. The van der Waals surface area contributed by atoms with Crippen LogP contribution in [0.1, 0.15) is 37.8 Å². The molecule has 0 spiro atoms. The van der Waals surface area contributed by atoms with Crippen LogP contribution in [0, 0.1) is 17.0 Å². The summed E-state index contributed by atoms with van der Waals surface area (Å²) in [6.45, 7) is 7.17. The normalized spacial score (nSPS) is 12.4. The van der Waals surface area contributed by atoms with Crippen LogP contribution in [0.4, 0.5) is 5.69 Å². The summed E-state index contributed by atoms with van der Waals surface area (Å²) in [5.41, 5.74) is 2.37. The lowest BCUT2D eigenvalue weighted by Crippen LogP contribution is -2.31. The van der Waals surface area contributed by atoms with Gasteiger partial charge in [-0.05, 0) is 37.4 Å². The Hall–Kier alpha value is -1.42. The van der Waals surface area contributed by atoms with Crippen molar-refractivity contribution in [3.63, 3.8) is 0 Å². The van der Waals surface area contributed by atoms with Gasteiger partial charge in [0, 0.05) is 18.2 Å². The number of nitrogens with zero attached hydrogens (tertiary/aromatic N) is 1. The zero-order valence-electron chi connectivity index (χ0n) is 11.4. The number of benzene rings is 1. The minimum atomic E-state index is -0.343. The average molecular weight is 250 g/mol. The molecule has 4 nitrogen and oxygen atoms in total. The van der Waals surface area contributed by atoms with E-state index >= 15 is 0 Å². The molecule has 0 radical (unpaired) electrons. The van der Waals surface area contributed by atoms with Crippen LogP contribution in [-0.4, -0.2) is 17.5 Å². The second-order valence-corrected chi connectivity index (χ2v) is 4.62. The minimum Gasteiger partial charge on any atom is -0.314 e. The molecule has 1 aromatic carbocycles. The first-order valence-corrected chi connectivity index (χ1v) is 6.55. The van der Waals surface area contributed by atoms with Crippen LogP contribution >= 0.6 is 0 Å². The van der Waals surface area contributed by atoms with Gasteiger partial charge in [-0.25, -0.2) is 0 Å². The summed E-state index contributed by atoms with van der Waals surface area (Å²) in [5, 5.41) is 14.1. The van der Waals surface area contributed by atoms with E-state index in [0.717, 1.165) is 31.4 Å². The Balaban J connectivity index is 2.79. The first kappa shape index (κ1) is 14.6. The summed E-state index contributed by atoms with van der Waals surface area (Å²) >= 11 is 0. The molecule has 1 aromatic rings. The molecule has 0 heterocycles. The fourth-order valence-electron chi connectivity index (χ4n) is 2.20. The number of nitro groups is 1. The van der Waals surface area contributed by atoms with Crippen molar-refractivity contribution in [2.45, 2.75) is 46.1 Å². The topological polar surface area (TPSA) is 55.2 Å². The van der Waals surface area contributed by atoms with Gasteiger partial charge in [0.05, 0.1) is 4.92 Å². The van der Waals surface area contributed by atoms with Gasteiger partial charge >= 0.3 is 0 Å². The van der Waals surface area contributed by atoms with Crippen molar-refractivity contribution in [2.24, 2.45) is 0 Å². The maximum Gasteiger partial charge on any atom is 0.269 e. The van der Waals surface area contributed by atoms with Crippen molar-refractivity contribution in [1.29, 1.82) is 0 Å². The predicted molar refractivity (Wildman–Crippen MR) is 73.9 cm³/mol. The first-order valence-electron chi connectivity index (χ1n) is 6.55. The smallest absolute Gasteiger partial charge is 0.269 e. The standard InChI is InChI=1S/C14H22N2O2/c1-4-6-13(15-5-2)10-12-7-8-14(16(17)18)9-11(12)3/h7-9,13,15H,4-6,10H2,1-3H3. The summed E-state index contributed by atoms with van der Waals surface area (Å²) in [6, 6.07) is 5.59. The van der Waals surface area contributed by atoms with Gasteiger partial charge in [0.1, 0.15) is 0 Å².